The summed E-state index contributed by atoms with van der Waals surface area (Å²) in [5.41, 5.74) is 0. The third-order valence-corrected chi connectivity index (χ3v) is 3.00. The summed E-state index contributed by atoms with van der Waals surface area (Å²) in [5.74, 6) is -0.103. The molecule has 0 saturated carbocycles. The standard InChI is InChI=1S/C11H14N2O2S/c1-3-7-12-11(14)9(2)16-10-6-4-5-8-13(10)15/h3-6,8-9H,1,7H2,2H3,(H,12,14). The Morgan fingerprint density at radius 3 is 3.12 bits per heavy atom. The molecule has 1 N–H and O–H groups in total. The van der Waals surface area contributed by atoms with Crippen LogP contribution in [0.25, 0.3) is 0 Å². The molecule has 5 heteroatoms. The Labute approximate surface area is 98.9 Å². The van der Waals surface area contributed by atoms with Crippen LogP contribution in [-0.4, -0.2) is 17.7 Å². The Balaban J connectivity index is 2.57. The zero-order valence-electron chi connectivity index (χ0n) is 9.05. The first-order chi connectivity index (χ1) is 7.65. The van der Waals surface area contributed by atoms with Crippen molar-refractivity contribution in [2.75, 3.05) is 6.54 Å². The van der Waals surface area contributed by atoms with E-state index in [-0.39, 0.29) is 11.2 Å². The smallest absolute Gasteiger partial charge is 0.252 e. The van der Waals surface area contributed by atoms with Gasteiger partial charge in [0.15, 0.2) is 6.20 Å². The van der Waals surface area contributed by atoms with E-state index in [1.165, 1.54) is 18.0 Å². The molecule has 0 aliphatic heterocycles. The number of carbonyl (C=O) groups is 1. The van der Waals surface area contributed by atoms with Crippen molar-refractivity contribution in [1.29, 1.82) is 0 Å². The summed E-state index contributed by atoms with van der Waals surface area (Å²) < 4.78 is 0.752. The minimum Gasteiger partial charge on any atom is -0.618 e. The first-order valence-electron chi connectivity index (χ1n) is 4.88. The largest absolute Gasteiger partial charge is 0.618 e. The summed E-state index contributed by atoms with van der Waals surface area (Å²) in [6.07, 6.45) is 3.03. The van der Waals surface area contributed by atoms with Gasteiger partial charge >= 0.3 is 0 Å². The molecule has 0 radical (unpaired) electrons. The molecule has 1 atom stereocenters. The van der Waals surface area contributed by atoms with Gasteiger partial charge in [-0.15, -0.1) is 6.58 Å². The van der Waals surface area contributed by atoms with Crippen LogP contribution in [0.2, 0.25) is 0 Å². The second-order valence-corrected chi connectivity index (χ2v) is 4.52. The third kappa shape index (κ3) is 3.58. The van der Waals surface area contributed by atoms with Crippen LogP contribution < -0.4 is 10.0 Å². The van der Waals surface area contributed by atoms with E-state index in [9.17, 15) is 10.0 Å². The number of hydrogen-bond donors (Lipinski definition) is 1. The van der Waals surface area contributed by atoms with Crippen LogP contribution in [0.4, 0.5) is 0 Å². The van der Waals surface area contributed by atoms with Gasteiger partial charge in [0.05, 0.1) is 5.25 Å². The van der Waals surface area contributed by atoms with Gasteiger partial charge in [-0.1, -0.05) is 6.08 Å². The van der Waals surface area contributed by atoms with Gasteiger partial charge in [0.1, 0.15) is 0 Å². The number of amides is 1. The van der Waals surface area contributed by atoms with Crippen molar-refractivity contribution in [3.8, 4) is 0 Å². The summed E-state index contributed by atoms with van der Waals surface area (Å²) in [4.78, 5) is 11.5. The fraction of sp³-hybridized carbons (Fsp3) is 0.273. The lowest BCUT2D eigenvalue weighted by atomic mass is 10.4. The van der Waals surface area contributed by atoms with Crippen LogP contribution in [0, 0.1) is 5.21 Å². The van der Waals surface area contributed by atoms with Gasteiger partial charge in [-0.25, -0.2) is 0 Å². The quantitative estimate of drug-likeness (QED) is 0.362. The summed E-state index contributed by atoms with van der Waals surface area (Å²) in [6, 6.07) is 5.11. The second kappa shape index (κ2) is 6.17. The van der Waals surface area contributed by atoms with Gasteiger partial charge in [-0.3, -0.25) is 4.79 Å². The zero-order valence-corrected chi connectivity index (χ0v) is 9.87. The van der Waals surface area contributed by atoms with Crippen LogP contribution in [0.1, 0.15) is 6.92 Å². The SMILES string of the molecule is C=CCNC(=O)C(C)Sc1cccc[n+]1[O-]. The minimum absolute atomic E-state index is 0.103. The van der Waals surface area contributed by atoms with Crippen molar-refractivity contribution in [1.82, 2.24) is 5.32 Å². The van der Waals surface area contributed by atoms with Crippen molar-refractivity contribution in [2.24, 2.45) is 0 Å². The Bertz CT molecular complexity index is 382. The summed E-state index contributed by atoms with van der Waals surface area (Å²) in [6.45, 7) is 5.71. The number of hydrogen-bond acceptors (Lipinski definition) is 3. The molecule has 0 fully saturated rings. The number of rotatable bonds is 5. The molecule has 0 bridgehead atoms. The molecule has 0 aliphatic rings. The first-order valence-corrected chi connectivity index (χ1v) is 5.76. The average molecular weight is 238 g/mol. The molecule has 1 rings (SSSR count). The molecule has 1 aromatic rings. The molecule has 1 aromatic heterocycles. The highest BCUT2D eigenvalue weighted by molar-refractivity contribution is 8.00. The van der Waals surface area contributed by atoms with Gasteiger partial charge in [0.2, 0.25) is 5.91 Å². The summed E-state index contributed by atoms with van der Waals surface area (Å²) in [7, 11) is 0. The normalized spacial score (nSPS) is 11.8. The number of nitrogens with zero attached hydrogens (tertiary/aromatic N) is 1. The van der Waals surface area contributed by atoms with E-state index in [1.54, 1.807) is 31.2 Å². The predicted octanol–water partition coefficient (Wildman–Crippen LogP) is 1.10. The number of aromatic nitrogens is 1. The fourth-order valence-corrected chi connectivity index (χ4v) is 1.93. The van der Waals surface area contributed by atoms with Crippen LogP contribution in [0.3, 0.4) is 0 Å². The van der Waals surface area contributed by atoms with E-state index < -0.39 is 0 Å². The molecule has 1 heterocycles. The third-order valence-electron chi connectivity index (χ3n) is 1.88. The topological polar surface area (TPSA) is 56.0 Å². The highest BCUT2D eigenvalue weighted by Crippen LogP contribution is 2.19. The summed E-state index contributed by atoms with van der Waals surface area (Å²) >= 11 is 1.23. The van der Waals surface area contributed by atoms with Crippen LogP contribution in [0.5, 0.6) is 0 Å². The highest BCUT2D eigenvalue weighted by Gasteiger charge is 2.17. The monoisotopic (exact) mass is 238 g/mol. The van der Waals surface area contributed by atoms with Crippen molar-refractivity contribution in [3.05, 3.63) is 42.3 Å². The molecule has 86 valence electrons. The molecular weight excluding hydrogens is 224 g/mol. The number of thioether (sulfide) groups is 1. The molecule has 1 amide bonds. The Morgan fingerprint density at radius 2 is 2.50 bits per heavy atom. The van der Waals surface area contributed by atoms with Crippen LogP contribution >= 0.6 is 11.8 Å². The fourth-order valence-electron chi connectivity index (χ4n) is 1.06. The van der Waals surface area contributed by atoms with Crippen molar-refractivity contribution >= 4 is 17.7 Å². The lowest BCUT2D eigenvalue weighted by molar-refractivity contribution is -0.645. The maximum atomic E-state index is 11.5. The van der Waals surface area contributed by atoms with E-state index in [2.05, 4.69) is 11.9 Å². The van der Waals surface area contributed by atoms with Gasteiger partial charge < -0.3 is 10.5 Å². The van der Waals surface area contributed by atoms with Gasteiger partial charge in [-0.2, -0.15) is 4.73 Å². The molecule has 4 nitrogen and oxygen atoms in total. The first kappa shape index (κ1) is 12.6. The Hall–Kier alpha value is -1.49. The number of pyridine rings is 1. The van der Waals surface area contributed by atoms with Crippen LogP contribution in [-0.2, 0) is 4.79 Å². The molecular formula is C11H14N2O2S. The Kier molecular flexibility index (Phi) is 4.85. The van der Waals surface area contributed by atoms with Crippen molar-refractivity contribution < 1.29 is 9.52 Å². The second-order valence-electron chi connectivity index (χ2n) is 3.16. The minimum atomic E-state index is -0.303. The van der Waals surface area contributed by atoms with Gasteiger partial charge in [0, 0.05) is 18.7 Å². The molecule has 0 aliphatic carbocycles. The predicted molar refractivity (Wildman–Crippen MR) is 63.9 cm³/mol. The summed E-state index contributed by atoms with van der Waals surface area (Å²) in [5, 5.41) is 14.2. The maximum Gasteiger partial charge on any atom is 0.252 e. The highest BCUT2D eigenvalue weighted by atomic mass is 32.2. The zero-order chi connectivity index (χ0) is 12.0. The van der Waals surface area contributed by atoms with Gasteiger partial charge in [0.25, 0.3) is 5.03 Å². The van der Waals surface area contributed by atoms with E-state index in [4.69, 9.17) is 0 Å². The lowest BCUT2D eigenvalue weighted by Crippen LogP contribution is -2.33. The molecule has 0 spiro atoms. The molecule has 0 aromatic carbocycles. The van der Waals surface area contributed by atoms with Crippen molar-refractivity contribution in [3.63, 3.8) is 0 Å². The van der Waals surface area contributed by atoms with E-state index >= 15 is 0 Å². The average Bonchev–Trinajstić information content (AvgIpc) is 2.28. The Morgan fingerprint density at radius 1 is 1.75 bits per heavy atom. The lowest BCUT2D eigenvalue weighted by Gasteiger charge is -2.10. The molecule has 1 unspecified atom stereocenters. The molecule has 0 saturated heterocycles. The van der Waals surface area contributed by atoms with E-state index in [0.29, 0.717) is 11.6 Å². The van der Waals surface area contributed by atoms with Crippen molar-refractivity contribution in [2.45, 2.75) is 17.2 Å². The van der Waals surface area contributed by atoms with E-state index in [0.717, 1.165) is 4.73 Å². The number of nitrogens with one attached hydrogen (secondary N) is 1. The van der Waals surface area contributed by atoms with Crippen LogP contribution in [0.15, 0.2) is 42.1 Å². The van der Waals surface area contributed by atoms with E-state index in [1.807, 2.05) is 0 Å². The van der Waals surface area contributed by atoms with Gasteiger partial charge in [-0.05, 0) is 24.8 Å². The number of carbonyl (C=O) groups excluding carboxylic acids is 1. The molecule has 16 heavy (non-hydrogen) atoms. The maximum absolute atomic E-state index is 11.5.